The minimum absolute atomic E-state index is 0.694. The first-order valence-corrected chi connectivity index (χ1v) is 10.5. The van der Waals surface area contributed by atoms with Crippen molar-refractivity contribution in [1.82, 2.24) is 9.38 Å². The maximum atomic E-state index is 10.9. The molecule has 0 amide bonds. The van der Waals surface area contributed by atoms with E-state index in [1.165, 1.54) is 11.3 Å². The number of benzene rings is 2. The fraction of sp³-hybridized carbons (Fsp3) is 0.167. The summed E-state index contributed by atoms with van der Waals surface area (Å²) in [6.45, 7) is 2.10. The highest BCUT2D eigenvalue weighted by Crippen LogP contribution is 2.25. The van der Waals surface area contributed by atoms with Crippen LogP contribution in [0.5, 0.6) is 0 Å². The lowest BCUT2D eigenvalue weighted by Gasteiger charge is -2.08. The summed E-state index contributed by atoms with van der Waals surface area (Å²) in [5.74, 6) is 2.02. The average molecular weight is 387 g/mol. The van der Waals surface area contributed by atoms with E-state index < -0.39 is 0 Å². The highest BCUT2D eigenvalue weighted by molar-refractivity contribution is 7.98. The van der Waals surface area contributed by atoms with Crippen molar-refractivity contribution in [2.45, 2.75) is 19.1 Å². The summed E-state index contributed by atoms with van der Waals surface area (Å²) in [4.78, 5) is 15.5. The molecule has 4 aromatic rings. The number of carbonyl (C=O) groups excluding carboxylic acids is 1. The molecule has 0 saturated heterocycles. The van der Waals surface area contributed by atoms with Crippen LogP contribution < -0.4 is 0 Å². The van der Waals surface area contributed by atoms with Gasteiger partial charge in [0.25, 0.3) is 0 Å². The number of aryl methyl sites for hydroxylation is 2. The van der Waals surface area contributed by atoms with Crippen molar-refractivity contribution in [3.05, 3.63) is 95.4 Å². The summed E-state index contributed by atoms with van der Waals surface area (Å²) in [5, 5.41) is 0. The molecule has 0 atom stereocenters. The van der Waals surface area contributed by atoms with Gasteiger partial charge < -0.3 is 4.40 Å². The number of imidazole rings is 1. The molecule has 0 aliphatic rings. The Labute approximate surface area is 169 Å². The first-order valence-electron chi connectivity index (χ1n) is 9.38. The highest BCUT2D eigenvalue weighted by atomic mass is 32.2. The predicted molar refractivity (Wildman–Crippen MR) is 117 cm³/mol. The van der Waals surface area contributed by atoms with E-state index >= 15 is 0 Å². The van der Waals surface area contributed by atoms with Crippen molar-refractivity contribution in [3.63, 3.8) is 0 Å². The summed E-state index contributed by atoms with van der Waals surface area (Å²) < 4.78 is 2.20. The molecule has 0 spiro atoms. The summed E-state index contributed by atoms with van der Waals surface area (Å²) in [5.41, 5.74) is 7.68. The lowest BCUT2D eigenvalue weighted by atomic mass is 10.0. The third-order valence-electron chi connectivity index (χ3n) is 4.87. The molecule has 0 fully saturated rings. The van der Waals surface area contributed by atoms with Gasteiger partial charge in [0.05, 0.1) is 11.9 Å². The molecule has 0 bridgehead atoms. The van der Waals surface area contributed by atoms with Gasteiger partial charge in [0.1, 0.15) is 11.9 Å². The van der Waals surface area contributed by atoms with Crippen LogP contribution >= 0.6 is 11.8 Å². The molecule has 28 heavy (non-hydrogen) atoms. The molecule has 4 rings (SSSR count). The molecule has 2 heterocycles. The number of hydrogen-bond donors (Lipinski definition) is 0. The van der Waals surface area contributed by atoms with Crippen LogP contribution in [0.4, 0.5) is 0 Å². The average Bonchev–Trinajstić information content (AvgIpc) is 3.15. The van der Waals surface area contributed by atoms with E-state index in [4.69, 9.17) is 0 Å². The van der Waals surface area contributed by atoms with E-state index in [0.29, 0.717) is 5.56 Å². The lowest BCUT2D eigenvalue weighted by molar-refractivity contribution is 0.112. The molecule has 2 aromatic heterocycles. The van der Waals surface area contributed by atoms with E-state index in [-0.39, 0.29) is 0 Å². The largest absolute Gasteiger partial charge is 0.302 e. The molecule has 0 aliphatic heterocycles. The second-order valence-corrected chi connectivity index (χ2v) is 7.99. The Hall–Kier alpha value is -2.85. The molecule has 140 valence electrons. The van der Waals surface area contributed by atoms with Crippen molar-refractivity contribution in [1.29, 1.82) is 0 Å². The number of rotatable bonds is 7. The summed E-state index contributed by atoms with van der Waals surface area (Å²) in [6, 6.07) is 20.5. The van der Waals surface area contributed by atoms with Crippen LogP contribution in [-0.4, -0.2) is 21.4 Å². The Bertz CT molecular complexity index is 1090. The van der Waals surface area contributed by atoms with E-state index in [2.05, 4.69) is 58.9 Å². The lowest BCUT2D eigenvalue weighted by Crippen LogP contribution is -1.96. The highest BCUT2D eigenvalue weighted by Gasteiger charge is 2.09. The van der Waals surface area contributed by atoms with Gasteiger partial charge in [0, 0.05) is 17.5 Å². The van der Waals surface area contributed by atoms with Crippen LogP contribution in [0.15, 0.2) is 73.1 Å². The van der Waals surface area contributed by atoms with E-state index in [0.717, 1.165) is 46.6 Å². The number of aldehydes is 1. The number of fused-ring (bicyclic) bond motifs is 1. The summed E-state index contributed by atoms with van der Waals surface area (Å²) >= 11 is 1.93. The van der Waals surface area contributed by atoms with Gasteiger partial charge in [0.15, 0.2) is 0 Å². The molecule has 0 unspecified atom stereocenters. The molecule has 2 aromatic carbocycles. The minimum atomic E-state index is 0.694. The van der Waals surface area contributed by atoms with Crippen LogP contribution in [-0.2, 0) is 12.2 Å². The molecule has 0 radical (unpaired) electrons. The minimum Gasteiger partial charge on any atom is -0.302 e. The van der Waals surface area contributed by atoms with E-state index in [9.17, 15) is 4.79 Å². The Morgan fingerprint density at radius 3 is 2.57 bits per heavy atom. The molecule has 4 heteroatoms. The van der Waals surface area contributed by atoms with Crippen molar-refractivity contribution < 1.29 is 4.79 Å². The number of thioether (sulfide) groups is 1. The second kappa shape index (κ2) is 8.44. The monoisotopic (exact) mass is 386 g/mol. The van der Waals surface area contributed by atoms with Crippen molar-refractivity contribution in [2.75, 3.05) is 5.75 Å². The molecule has 0 N–H and O–H groups in total. The van der Waals surface area contributed by atoms with Crippen LogP contribution in [0.25, 0.3) is 16.8 Å². The van der Waals surface area contributed by atoms with Gasteiger partial charge >= 0.3 is 0 Å². The van der Waals surface area contributed by atoms with Crippen molar-refractivity contribution >= 4 is 23.7 Å². The zero-order valence-corrected chi connectivity index (χ0v) is 16.7. The third kappa shape index (κ3) is 4.02. The summed E-state index contributed by atoms with van der Waals surface area (Å²) in [7, 11) is 0. The van der Waals surface area contributed by atoms with Gasteiger partial charge in [0.2, 0.25) is 0 Å². The predicted octanol–water partition coefficient (Wildman–Crippen LogP) is 5.60. The first-order chi connectivity index (χ1) is 13.7. The normalized spacial score (nSPS) is 11.0. The smallest absolute Gasteiger partial charge is 0.150 e. The summed E-state index contributed by atoms with van der Waals surface area (Å²) in [6.07, 6.45) is 6.09. The van der Waals surface area contributed by atoms with Crippen molar-refractivity contribution in [3.8, 4) is 11.1 Å². The Morgan fingerprint density at radius 2 is 1.82 bits per heavy atom. The van der Waals surface area contributed by atoms with Gasteiger partial charge in [-0.1, -0.05) is 54.6 Å². The fourth-order valence-electron chi connectivity index (χ4n) is 3.34. The Balaban J connectivity index is 1.52. The second-order valence-electron chi connectivity index (χ2n) is 6.88. The number of hydrogen-bond acceptors (Lipinski definition) is 3. The third-order valence-corrected chi connectivity index (χ3v) is 5.87. The van der Waals surface area contributed by atoms with Gasteiger partial charge in [-0.3, -0.25) is 4.79 Å². The SMILES string of the molecule is Cc1cc(-c2ccc(C=O)cc2)cn2c(CSCCc3ccccc3)cnc12. The number of carbonyl (C=O) groups is 1. The van der Waals surface area contributed by atoms with Crippen LogP contribution in [0, 0.1) is 6.92 Å². The number of pyridine rings is 1. The van der Waals surface area contributed by atoms with Gasteiger partial charge in [-0.2, -0.15) is 11.8 Å². The number of aromatic nitrogens is 2. The number of nitrogens with zero attached hydrogens (tertiary/aromatic N) is 2. The van der Waals surface area contributed by atoms with Gasteiger partial charge in [-0.25, -0.2) is 4.98 Å². The van der Waals surface area contributed by atoms with Crippen LogP contribution in [0.1, 0.15) is 27.2 Å². The molecule has 0 aliphatic carbocycles. The van der Waals surface area contributed by atoms with Gasteiger partial charge in [-0.05, 0) is 47.4 Å². The Kier molecular flexibility index (Phi) is 5.58. The zero-order chi connectivity index (χ0) is 19.3. The fourth-order valence-corrected chi connectivity index (χ4v) is 4.28. The Morgan fingerprint density at radius 1 is 1.04 bits per heavy atom. The quantitative estimate of drug-likeness (QED) is 0.306. The maximum Gasteiger partial charge on any atom is 0.150 e. The maximum absolute atomic E-state index is 10.9. The zero-order valence-electron chi connectivity index (χ0n) is 15.8. The van der Waals surface area contributed by atoms with Crippen LogP contribution in [0.3, 0.4) is 0 Å². The van der Waals surface area contributed by atoms with E-state index in [1.807, 2.05) is 42.2 Å². The van der Waals surface area contributed by atoms with Gasteiger partial charge in [-0.15, -0.1) is 0 Å². The molecule has 3 nitrogen and oxygen atoms in total. The standard InChI is InChI=1S/C24H22N2OS/c1-18-13-22(21-9-7-20(16-27)8-10-21)15-26-23(14-25-24(18)26)17-28-12-11-19-5-3-2-4-6-19/h2-10,13-16H,11-12,17H2,1H3. The van der Waals surface area contributed by atoms with E-state index in [1.54, 1.807) is 0 Å². The topological polar surface area (TPSA) is 34.4 Å². The van der Waals surface area contributed by atoms with Crippen LogP contribution in [0.2, 0.25) is 0 Å². The first kappa shape index (κ1) is 18.5. The van der Waals surface area contributed by atoms with Crippen molar-refractivity contribution in [2.24, 2.45) is 0 Å². The molecular weight excluding hydrogens is 364 g/mol. The molecule has 0 saturated carbocycles. The molecular formula is C24H22N2OS.